The Kier molecular flexibility index (Phi) is 5.91. The van der Waals surface area contributed by atoms with Crippen LogP contribution in [0, 0.1) is 11.8 Å². The molecule has 28 heavy (non-hydrogen) atoms. The minimum Gasteiger partial charge on any atom is -0.489 e. The standard InChI is InChI=1S/C23H23N3OS/c24-23-25-21-12-15-26(16-13-22(21)28-23)14-4-7-18-8-10-20(11-9-18)27-17-19-5-2-1-3-6-19/h1-3,5-6,8-11H,12-17H2,(H2,24,25). The van der Waals surface area contributed by atoms with E-state index in [0.29, 0.717) is 11.7 Å². The first-order chi connectivity index (χ1) is 13.8. The number of anilines is 1. The summed E-state index contributed by atoms with van der Waals surface area (Å²) in [5, 5.41) is 0.689. The van der Waals surface area contributed by atoms with Crippen LogP contribution in [-0.2, 0) is 19.4 Å². The zero-order chi connectivity index (χ0) is 19.2. The normalized spacial score (nSPS) is 13.9. The van der Waals surface area contributed by atoms with E-state index in [-0.39, 0.29) is 0 Å². The Bertz CT molecular complexity index is 945. The molecule has 142 valence electrons. The highest BCUT2D eigenvalue weighted by atomic mass is 32.1. The lowest BCUT2D eigenvalue weighted by Crippen LogP contribution is -2.26. The van der Waals surface area contributed by atoms with Gasteiger partial charge in [-0.3, -0.25) is 4.90 Å². The average Bonchev–Trinajstić information content (AvgIpc) is 2.99. The number of rotatable bonds is 4. The van der Waals surface area contributed by atoms with Gasteiger partial charge < -0.3 is 10.5 Å². The molecule has 0 spiro atoms. The zero-order valence-electron chi connectivity index (χ0n) is 15.7. The van der Waals surface area contributed by atoms with Gasteiger partial charge in [-0.1, -0.05) is 42.2 Å². The molecule has 0 atom stereocenters. The van der Waals surface area contributed by atoms with Crippen LogP contribution in [-0.4, -0.2) is 29.5 Å². The monoisotopic (exact) mass is 389 g/mol. The van der Waals surface area contributed by atoms with Crippen molar-refractivity contribution in [2.45, 2.75) is 19.4 Å². The van der Waals surface area contributed by atoms with Crippen molar-refractivity contribution in [1.29, 1.82) is 0 Å². The predicted molar refractivity (Wildman–Crippen MR) is 114 cm³/mol. The predicted octanol–water partition coefficient (Wildman–Crippen LogP) is 3.76. The van der Waals surface area contributed by atoms with E-state index in [9.17, 15) is 0 Å². The maximum Gasteiger partial charge on any atom is 0.180 e. The minimum absolute atomic E-state index is 0.576. The van der Waals surface area contributed by atoms with Crippen LogP contribution >= 0.6 is 11.3 Å². The van der Waals surface area contributed by atoms with Crippen LogP contribution in [0.3, 0.4) is 0 Å². The molecule has 0 saturated heterocycles. The first-order valence-electron chi connectivity index (χ1n) is 9.48. The maximum absolute atomic E-state index is 5.82. The van der Waals surface area contributed by atoms with E-state index >= 15 is 0 Å². The molecule has 0 aliphatic carbocycles. The molecule has 2 aromatic carbocycles. The quantitative estimate of drug-likeness (QED) is 0.691. The number of ether oxygens (including phenoxy) is 1. The molecule has 0 amide bonds. The summed E-state index contributed by atoms with van der Waals surface area (Å²) >= 11 is 1.62. The molecule has 3 aromatic rings. The third-order valence-corrected chi connectivity index (χ3v) is 5.74. The Labute approximate surface area is 170 Å². The van der Waals surface area contributed by atoms with Crippen molar-refractivity contribution in [3.8, 4) is 17.6 Å². The van der Waals surface area contributed by atoms with E-state index in [2.05, 4.69) is 33.9 Å². The Morgan fingerprint density at radius 2 is 1.82 bits per heavy atom. The number of aromatic nitrogens is 1. The summed E-state index contributed by atoms with van der Waals surface area (Å²) < 4.78 is 5.82. The van der Waals surface area contributed by atoms with Gasteiger partial charge in [-0.25, -0.2) is 4.98 Å². The van der Waals surface area contributed by atoms with Gasteiger partial charge in [-0.05, 0) is 36.2 Å². The summed E-state index contributed by atoms with van der Waals surface area (Å²) in [4.78, 5) is 8.15. The second kappa shape index (κ2) is 8.92. The molecule has 4 nitrogen and oxygen atoms in total. The highest BCUT2D eigenvalue weighted by Crippen LogP contribution is 2.24. The molecule has 0 unspecified atom stereocenters. The molecule has 2 N–H and O–H groups in total. The van der Waals surface area contributed by atoms with Gasteiger partial charge >= 0.3 is 0 Å². The first-order valence-corrected chi connectivity index (χ1v) is 10.3. The van der Waals surface area contributed by atoms with Gasteiger partial charge in [0.1, 0.15) is 12.4 Å². The Morgan fingerprint density at radius 1 is 1.04 bits per heavy atom. The van der Waals surface area contributed by atoms with E-state index < -0.39 is 0 Å². The molecule has 1 aliphatic rings. The van der Waals surface area contributed by atoms with E-state index in [0.717, 1.165) is 49.4 Å². The van der Waals surface area contributed by atoms with Crippen LogP contribution in [0.25, 0.3) is 0 Å². The van der Waals surface area contributed by atoms with Crippen molar-refractivity contribution in [2.75, 3.05) is 25.4 Å². The molecular formula is C23H23N3OS. The fourth-order valence-corrected chi connectivity index (χ4v) is 4.08. The van der Waals surface area contributed by atoms with E-state index in [1.807, 2.05) is 42.5 Å². The van der Waals surface area contributed by atoms with Gasteiger partial charge in [0.25, 0.3) is 0 Å². The Hall–Kier alpha value is -2.81. The molecule has 1 aliphatic heterocycles. The van der Waals surface area contributed by atoms with Crippen molar-refractivity contribution in [1.82, 2.24) is 9.88 Å². The average molecular weight is 390 g/mol. The molecular weight excluding hydrogens is 366 g/mol. The van der Waals surface area contributed by atoms with Crippen LogP contribution < -0.4 is 10.5 Å². The largest absolute Gasteiger partial charge is 0.489 e. The van der Waals surface area contributed by atoms with Crippen molar-refractivity contribution >= 4 is 16.5 Å². The van der Waals surface area contributed by atoms with Gasteiger partial charge in [-0.2, -0.15) is 0 Å². The molecule has 0 fully saturated rings. The fraction of sp³-hybridized carbons (Fsp3) is 0.261. The summed E-state index contributed by atoms with van der Waals surface area (Å²) in [6.07, 6.45) is 1.97. The number of benzene rings is 2. The number of nitrogen functional groups attached to an aromatic ring is 1. The second-order valence-corrected chi connectivity index (χ2v) is 7.91. The highest BCUT2D eigenvalue weighted by Gasteiger charge is 2.16. The lowest BCUT2D eigenvalue weighted by Gasteiger charge is -2.15. The molecule has 1 aromatic heterocycles. The van der Waals surface area contributed by atoms with Crippen LogP contribution in [0.5, 0.6) is 5.75 Å². The second-order valence-electron chi connectivity index (χ2n) is 6.80. The Balaban J connectivity index is 1.27. The van der Waals surface area contributed by atoms with Crippen molar-refractivity contribution in [3.05, 3.63) is 76.3 Å². The lowest BCUT2D eigenvalue weighted by atomic mass is 10.2. The molecule has 4 rings (SSSR count). The van der Waals surface area contributed by atoms with Crippen molar-refractivity contribution in [3.63, 3.8) is 0 Å². The summed E-state index contributed by atoms with van der Waals surface area (Å²) in [7, 11) is 0. The van der Waals surface area contributed by atoms with Gasteiger partial charge in [0.15, 0.2) is 5.13 Å². The van der Waals surface area contributed by atoms with Crippen LogP contribution in [0.15, 0.2) is 54.6 Å². The molecule has 5 heteroatoms. The van der Waals surface area contributed by atoms with Crippen LogP contribution in [0.1, 0.15) is 21.7 Å². The first kappa shape index (κ1) is 18.5. The van der Waals surface area contributed by atoms with E-state index in [1.54, 1.807) is 11.3 Å². The number of hydrogen-bond acceptors (Lipinski definition) is 5. The van der Waals surface area contributed by atoms with Gasteiger partial charge in [0, 0.05) is 30.0 Å². The topological polar surface area (TPSA) is 51.4 Å². The van der Waals surface area contributed by atoms with Crippen molar-refractivity contribution < 1.29 is 4.74 Å². The smallest absolute Gasteiger partial charge is 0.180 e. The lowest BCUT2D eigenvalue weighted by molar-refractivity contribution is 0.306. The zero-order valence-corrected chi connectivity index (χ0v) is 16.5. The number of nitrogens with two attached hydrogens (primary N) is 1. The van der Waals surface area contributed by atoms with Gasteiger partial charge in [-0.15, -0.1) is 11.3 Å². The summed E-state index contributed by atoms with van der Waals surface area (Å²) in [6, 6.07) is 18.2. The number of fused-ring (bicyclic) bond motifs is 1. The molecule has 0 bridgehead atoms. The third-order valence-electron chi connectivity index (χ3n) is 4.75. The van der Waals surface area contributed by atoms with Gasteiger partial charge in [0.05, 0.1) is 12.2 Å². The van der Waals surface area contributed by atoms with Crippen LogP contribution in [0.2, 0.25) is 0 Å². The van der Waals surface area contributed by atoms with E-state index in [1.165, 1.54) is 10.6 Å². The van der Waals surface area contributed by atoms with Gasteiger partial charge in [0.2, 0.25) is 0 Å². The minimum atomic E-state index is 0.576. The molecule has 0 radical (unpaired) electrons. The maximum atomic E-state index is 5.82. The third kappa shape index (κ3) is 4.92. The highest BCUT2D eigenvalue weighted by molar-refractivity contribution is 7.15. The summed E-state index contributed by atoms with van der Waals surface area (Å²) in [5.41, 5.74) is 9.15. The number of hydrogen-bond donors (Lipinski definition) is 1. The molecule has 0 saturated carbocycles. The summed E-state index contributed by atoms with van der Waals surface area (Å²) in [6.45, 7) is 3.34. The fourth-order valence-electron chi connectivity index (χ4n) is 3.22. The summed E-state index contributed by atoms with van der Waals surface area (Å²) in [5.74, 6) is 7.42. The van der Waals surface area contributed by atoms with Crippen LogP contribution in [0.4, 0.5) is 5.13 Å². The SMILES string of the molecule is Nc1nc2c(s1)CCN(CC#Cc1ccc(OCc3ccccc3)cc1)CC2. The van der Waals surface area contributed by atoms with E-state index in [4.69, 9.17) is 10.5 Å². The Morgan fingerprint density at radius 3 is 2.64 bits per heavy atom. The molecule has 2 heterocycles. The number of nitrogens with zero attached hydrogens (tertiary/aromatic N) is 2. The van der Waals surface area contributed by atoms with Crippen molar-refractivity contribution in [2.24, 2.45) is 0 Å². The number of thiazole rings is 1.